The molecule has 0 atom stereocenters. The van der Waals surface area contributed by atoms with Crippen LogP contribution in [0.3, 0.4) is 0 Å². The van der Waals surface area contributed by atoms with Gasteiger partial charge in [-0.05, 0) is 90.4 Å². The number of halogens is 9. The highest BCUT2D eigenvalue weighted by Crippen LogP contribution is 2.29. The molecule has 0 amide bonds. The highest BCUT2D eigenvalue weighted by molar-refractivity contribution is 6.31. The second-order valence-electron chi connectivity index (χ2n) is 13.5. The molecule has 0 aliphatic heterocycles. The molecule has 8 aromatic heterocycles. The Morgan fingerprint density at radius 2 is 1.03 bits per heavy atom. The number of aromatic amines is 2. The predicted octanol–water partition coefficient (Wildman–Crippen LogP) is 10.4. The monoisotopic (exact) mass is 834 g/mol. The molecule has 0 saturated heterocycles. The average Bonchev–Trinajstić information content (AvgIpc) is 3.81. The summed E-state index contributed by atoms with van der Waals surface area (Å²) in [5.41, 5.74) is 4.53. The molecule has 8 nitrogen and oxygen atoms in total. The molecule has 0 fully saturated rings. The van der Waals surface area contributed by atoms with Crippen molar-refractivity contribution in [1.82, 2.24) is 39.9 Å². The molecule has 0 spiro atoms. The second kappa shape index (κ2) is 17.3. The van der Waals surface area contributed by atoms with Crippen LogP contribution < -0.4 is 0 Å². The molecule has 8 rings (SSSR count). The summed E-state index contributed by atoms with van der Waals surface area (Å²) in [6, 6.07) is 17.0. The topological polar surface area (TPSA) is 109 Å². The van der Waals surface area contributed by atoms with Crippen LogP contribution in [-0.4, -0.2) is 39.9 Å². The van der Waals surface area contributed by atoms with Gasteiger partial charge in [-0.25, -0.2) is 19.9 Å². The van der Waals surface area contributed by atoms with E-state index in [-0.39, 0.29) is 0 Å². The fourth-order valence-electron chi connectivity index (χ4n) is 6.32. The van der Waals surface area contributed by atoms with Crippen LogP contribution in [0.4, 0.5) is 35.1 Å². The summed E-state index contributed by atoms with van der Waals surface area (Å²) in [6.45, 7) is 0. The Morgan fingerprint density at radius 3 is 1.51 bits per heavy atom. The third-order valence-electron chi connectivity index (χ3n) is 9.42. The van der Waals surface area contributed by atoms with E-state index in [0.717, 1.165) is 39.7 Å². The number of nitrogens with zero attached hydrogens (tertiary/aromatic N) is 6. The lowest BCUT2D eigenvalue weighted by Gasteiger charge is -2.07. The van der Waals surface area contributed by atoms with E-state index in [1.54, 1.807) is 42.7 Å². The number of aryl methyl sites for hydroxylation is 4. The van der Waals surface area contributed by atoms with Gasteiger partial charge in [-0.15, -0.1) is 0 Å². The number of nitrogens with one attached hydrogen (secondary N) is 2. The average molecular weight is 835 g/mol. The summed E-state index contributed by atoms with van der Waals surface area (Å²) < 4.78 is 104. The molecule has 0 bridgehead atoms. The summed E-state index contributed by atoms with van der Waals surface area (Å²) in [6.07, 6.45) is 2.57. The standard InChI is InChI=1S/C21H15ClF4N4.C21H16F4N4/c22-15-8-17-14(10-28-20(17)29-11-15)7-13-3-5-16(30-19(13)23)4-1-12-2-6-18(27-9-12)21(24,25)26;22-19-14(10-15-12-28-20-17(15)2-1-9-26-20)5-7-16(29-19)6-3-13-4-8-18(27-11-13)21(23,24)25/h2-3,5-6,8-11H,1,4,7H2,(H,28,29);1-2,4-5,7-9,11-12H,3,6,10H2,(H,26,28). The second-order valence-corrected chi connectivity index (χ2v) is 14.0. The van der Waals surface area contributed by atoms with Crippen molar-refractivity contribution >= 4 is 33.7 Å². The number of aromatic nitrogens is 8. The first-order valence-corrected chi connectivity index (χ1v) is 18.4. The quantitative estimate of drug-likeness (QED) is 0.105. The lowest BCUT2D eigenvalue weighted by molar-refractivity contribution is -0.142. The zero-order chi connectivity index (χ0) is 41.7. The van der Waals surface area contributed by atoms with Crippen LogP contribution in [0.1, 0.15) is 56.2 Å². The number of hydrogen-bond donors (Lipinski definition) is 2. The number of pyridine rings is 6. The molecule has 0 unspecified atom stereocenters. The number of H-pyrrole nitrogens is 2. The summed E-state index contributed by atoms with van der Waals surface area (Å²) in [5, 5.41) is 2.25. The maximum absolute atomic E-state index is 14.5. The van der Waals surface area contributed by atoms with Crippen molar-refractivity contribution in [2.24, 2.45) is 0 Å². The molecule has 59 heavy (non-hydrogen) atoms. The smallest absolute Gasteiger partial charge is 0.346 e. The SMILES string of the molecule is Fc1nc(CCc2ccc(C(F)(F)F)nc2)ccc1Cc1c[nH]c2ncc(Cl)cc12.Fc1nc(CCc2ccc(C(F)(F)F)nc2)ccc1Cc1c[nH]c2ncccc12. The van der Waals surface area contributed by atoms with Crippen LogP contribution in [0.5, 0.6) is 0 Å². The summed E-state index contributed by atoms with van der Waals surface area (Å²) in [5.74, 6) is -1.13. The van der Waals surface area contributed by atoms with Crippen molar-refractivity contribution in [1.29, 1.82) is 0 Å². The first kappa shape index (κ1) is 40.9. The summed E-state index contributed by atoms with van der Waals surface area (Å²) >= 11 is 6.00. The van der Waals surface area contributed by atoms with Crippen LogP contribution in [-0.2, 0) is 50.9 Å². The number of hydrogen-bond acceptors (Lipinski definition) is 6. The molecule has 302 valence electrons. The molecule has 8 aromatic rings. The van der Waals surface area contributed by atoms with Crippen molar-refractivity contribution in [3.05, 3.63) is 177 Å². The van der Waals surface area contributed by atoms with E-state index < -0.39 is 35.6 Å². The fourth-order valence-corrected chi connectivity index (χ4v) is 6.47. The molecular weight excluding hydrogens is 804 g/mol. The van der Waals surface area contributed by atoms with Gasteiger partial charge in [-0.2, -0.15) is 35.1 Å². The Morgan fingerprint density at radius 1 is 0.525 bits per heavy atom. The van der Waals surface area contributed by atoms with Gasteiger partial charge >= 0.3 is 12.4 Å². The molecule has 8 heterocycles. The first-order chi connectivity index (χ1) is 28.2. The van der Waals surface area contributed by atoms with Crippen molar-refractivity contribution in [3.63, 3.8) is 0 Å². The van der Waals surface area contributed by atoms with Crippen LogP contribution in [0.15, 0.2) is 104 Å². The molecule has 17 heteroatoms. The number of fused-ring (bicyclic) bond motifs is 2. The molecule has 0 saturated carbocycles. The van der Waals surface area contributed by atoms with Crippen LogP contribution >= 0.6 is 11.6 Å². The third-order valence-corrected chi connectivity index (χ3v) is 9.63. The lowest BCUT2D eigenvalue weighted by atomic mass is 10.0. The van der Waals surface area contributed by atoms with Crippen molar-refractivity contribution in [3.8, 4) is 0 Å². The Kier molecular flexibility index (Phi) is 12.0. The van der Waals surface area contributed by atoms with Gasteiger partial charge in [0.2, 0.25) is 11.9 Å². The minimum Gasteiger partial charge on any atom is -0.346 e. The molecule has 2 N–H and O–H groups in total. The van der Waals surface area contributed by atoms with Gasteiger partial charge < -0.3 is 9.97 Å². The Bertz CT molecular complexity index is 2690. The van der Waals surface area contributed by atoms with Gasteiger partial charge in [0.1, 0.15) is 22.7 Å². The number of rotatable bonds is 10. The van der Waals surface area contributed by atoms with E-state index in [1.165, 1.54) is 30.7 Å². The third kappa shape index (κ3) is 10.2. The zero-order valence-electron chi connectivity index (χ0n) is 30.6. The Hall–Kier alpha value is -6.29. The molecule has 0 aliphatic carbocycles. The Labute approximate surface area is 335 Å². The maximum atomic E-state index is 14.5. The van der Waals surface area contributed by atoms with Gasteiger partial charge in [0.25, 0.3) is 0 Å². The normalized spacial score (nSPS) is 11.9. The van der Waals surface area contributed by atoms with Gasteiger partial charge in [0.05, 0.1) is 5.02 Å². The van der Waals surface area contributed by atoms with E-state index in [4.69, 9.17) is 11.6 Å². The van der Waals surface area contributed by atoms with E-state index >= 15 is 0 Å². The molecular formula is C42H31ClF8N8. The minimum atomic E-state index is -4.47. The zero-order valence-corrected chi connectivity index (χ0v) is 31.4. The fraction of sp³-hybridized carbons (Fsp3) is 0.190. The molecule has 0 aromatic carbocycles. The van der Waals surface area contributed by atoms with Crippen molar-refractivity contribution < 1.29 is 35.1 Å². The van der Waals surface area contributed by atoms with E-state index in [1.807, 2.05) is 18.3 Å². The minimum absolute atomic E-state index is 0.323. The lowest BCUT2D eigenvalue weighted by Crippen LogP contribution is -2.08. The largest absolute Gasteiger partial charge is 0.433 e. The van der Waals surface area contributed by atoms with Gasteiger partial charge in [-0.1, -0.05) is 35.9 Å². The predicted molar refractivity (Wildman–Crippen MR) is 204 cm³/mol. The maximum Gasteiger partial charge on any atom is 0.433 e. The van der Waals surface area contributed by atoms with Crippen molar-refractivity contribution in [2.75, 3.05) is 0 Å². The van der Waals surface area contributed by atoms with E-state index in [2.05, 4.69) is 39.9 Å². The van der Waals surface area contributed by atoms with Crippen molar-refractivity contribution in [2.45, 2.75) is 50.9 Å². The van der Waals surface area contributed by atoms with Crippen LogP contribution in [0.25, 0.3) is 22.1 Å². The Balaban J connectivity index is 0.000000179. The van der Waals surface area contributed by atoms with Gasteiger partial charge in [-0.3, -0.25) is 9.97 Å². The van der Waals surface area contributed by atoms with Crippen LogP contribution in [0.2, 0.25) is 5.02 Å². The van der Waals surface area contributed by atoms with Gasteiger partial charge in [0.15, 0.2) is 0 Å². The van der Waals surface area contributed by atoms with E-state index in [9.17, 15) is 35.1 Å². The van der Waals surface area contributed by atoms with Gasteiger partial charge in [0, 0.05) is 83.3 Å². The first-order valence-electron chi connectivity index (χ1n) is 18.0. The van der Waals surface area contributed by atoms with Crippen LogP contribution in [0, 0.1) is 11.9 Å². The molecule has 0 radical (unpaired) electrons. The summed E-state index contributed by atoms with van der Waals surface area (Å²) in [4.78, 5) is 29.4. The highest BCUT2D eigenvalue weighted by atomic mass is 35.5. The summed E-state index contributed by atoms with van der Waals surface area (Å²) in [7, 11) is 0. The molecule has 0 aliphatic rings. The van der Waals surface area contributed by atoms with E-state index in [0.29, 0.717) is 82.8 Å². The highest BCUT2D eigenvalue weighted by Gasteiger charge is 2.32. The number of alkyl halides is 6.